The average Bonchev–Trinajstić information content (AvgIpc) is 3.35. The summed E-state index contributed by atoms with van der Waals surface area (Å²) in [7, 11) is -3.44. The summed E-state index contributed by atoms with van der Waals surface area (Å²) in [6.45, 7) is 4.80. The smallest absolute Gasteiger partial charge is 0.252 e. The minimum absolute atomic E-state index is 0.0818. The van der Waals surface area contributed by atoms with E-state index in [0.29, 0.717) is 35.3 Å². The Bertz CT molecular complexity index is 1110. The Morgan fingerprint density at radius 3 is 2.64 bits per heavy atom. The van der Waals surface area contributed by atoms with Crippen LogP contribution in [-0.4, -0.2) is 36.7 Å². The summed E-state index contributed by atoms with van der Waals surface area (Å²) in [6.07, 6.45) is 1.03. The van der Waals surface area contributed by atoms with Crippen LogP contribution in [0.25, 0.3) is 10.2 Å². The topological polar surface area (TPSA) is 79.4 Å². The molecule has 28 heavy (non-hydrogen) atoms. The Labute approximate surface area is 172 Å². The highest BCUT2D eigenvalue weighted by Gasteiger charge is 2.32. The molecule has 1 N–H and O–H groups in total. The number of benzene rings is 1. The minimum Gasteiger partial charge on any atom is -0.302 e. The average molecular weight is 436 g/mol. The summed E-state index contributed by atoms with van der Waals surface area (Å²) >= 11 is 2.69. The molecule has 0 saturated carbocycles. The fourth-order valence-corrected chi connectivity index (χ4v) is 6.93. The molecular weight excluding hydrogens is 414 g/mol. The van der Waals surface area contributed by atoms with Crippen LogP contribution in [0.5, 0.6) is 0 Å². The molecule has 4 rings (SSSR count). The Morgan fingerprint density at radius 2 is 1.96 bits per heavy atom. The lowest BCUT2D eigenvalue weighted by Gasteiger charge is -2.29. The third-order valence-electron chi connectivity index (χ3n) is 5.23. The van der Waals surface area contributed by atoms with Gasteiger partial charge in [0.25, 0.3) is 10.0 Å². The molecular formula is C19H21N3O3S3. The zero-order valence-corrected chi connectivity index (χ0v) is 18.1. The molecule has 0 atom stereocenters. The van der Waals surface area contributed by atoms with Gasteiger partial charge in [-0.3, -0.25) is 4.79 Å². The fourth-order valence-electron chi connectivity index (χ4n) is 3.38. The predicted octanol–water partition coefficient (Wildman–Crippen LogP) is 4.01. The van der Waals surface area contributed by atoms with Crippen LogP contribution in [0.15, 0.2) is 33.9 Å². The zero-order valence-electron chi connectivity index (χ0n) is 15.6. The van der Waals surface area contributed by atoms with Crippen LogP contribution in [0.3, 0.4) is 0 Å². The summed E-state index contributed by atoms with van der Waals surface area (Å²) < 4.78 is 28.1. The highest BCUT2D eigenvalue weighted by Crippen LogP contribution is 2.31. The Morgan fingerprint density at radius 1 is 1.21 bits per heavy atom. The molecule has 6 nitrogen and oxygen atoms in total. The Hall–Kier alpha value is -1.81. The number of anilines is 1. The van der Waals surface area contributed by atoms with Crippen molar-refractivity contribution >= 4 is 54.0 Å². The first-order valence-electron chi connectivity index (χ1n) is 9.07. The molecule has 0 unspecified atom stereocenters. The van der Waals surface area contributed by atoms with E-state index in [-0.39, 0.29) is 11.8 Å². The van der Waals surface area contributed by atoms with E-state index in [4.69, 9.17) is 0 Å². The van der Waals surface area contributed by atoms with E-state index < -0.39 is 10.0 Å². The molecule has 3 heterocycles. The molecule has 0 spiro atoms. The number of amides is 1. The summed E-state index contributed by atoms with van der Waals surface area (Å²) in [5, 5.41) is 5.29. The molecule has 0 aliphatic carbocycles. The van der Waals surface area contributed by atoms with Crippen molar-refractivity contribution in [3.63, 3.8) is 0 Å². The number of hydrogen-bond donors (Lipinski definition) is 1. The number of carbonyl (C=O) groups excluding carboxylic acids is 1. The second-order valence-electron chi connectivity index (χ2n) is 6.97. The van der Waals surface area contributed by atoms with Gasteiger partial charge in [0.05, 0.1) is 10.2 Å². The number of fused-ring (bicyclic) bond motifs is 1. The van der Waals surface area contributed by atoms with Crippen molar-refractivity contribution in [3.8, 4) is 0 Å². The highest BCUT2D eigenvalue weighted by atomic mass is 32.2. The van der Waals surface area contributed by atoms with Gasteiger partial charge in [0.2, 0.25) is 5.91 Å². The third kappa shape index (κ3) is 3.59. The van der Waals surface area contributed by atoms with E-state index in [9.17, 15) is 13.2 Å². The van der Waals surface area contributed by atoms with Crippen molar-refractivity contribution in [2.24, 2.45) is 5.92 Å². The molecule has 3 aromatic rings. The second-order valence-corrected chi connectivity index (χ2v) is 11.1. The largest absolute Gasteiger partial charge is 0.302 e. The van der Waals surface area contributed by atoms with Gasteiger partial charge in [-0.2, -0.15) is 4.31 Å². The first-order chi connectivity index (χ1) is 13.4. The van der Waals surface area contributed by atoms with E-state index in [1.165, 1.54) is 32.5 Å². The van der Waals surface area contributed by atoms with Gasteiger partial charge in [0.1, 0.15) is 4.21 Å². The second kappa shape index (κ2) is 7.55. The first-order valence-corrected chi connectivity index (χ1v) is 12.2. The maximum absolute atomic E-state index is 12.7. The van der Waals surface area contributed by atoms with Crippen LogP contribution < -0.4 is 5.32 Å². The molecule has 1 fully saturated rings. The molecule has 9 heteroatoms. The maximum Gasteiger partial charge on any atom is 0.252 e. The first kappa shape index (κ1) is 19.5. The number of hydrogen-bond acceptors (Lipinski definition) is 6. The SMILES string of the molecule is Cc1ccc2sc(NC(=O)C3CCN(S(=O)(=O)c4cccs4)CC3)nc2c1C. The van der Waals surface area contributed by atoms with E-state index >= 15 is 0 Å². The molecule has 1 aromatic carbocycles. The number of nitrogens with one attached hydrogen (secondary N) is 1. The van der Waals surface area contributed by atoms with Crippen molar-refractivity contribution in [2.75, 3.05) is 18.4 Å². The number of carbonyl (C=O) groups is 1. The van der Waals surface area contributed by atoms with Gasteiger partial charge in [-0.25, -0.2) is 13.4 Å². The standard InChI is InChI=1S/C19H21N3O3S3/c1-12-5-6-15-17(13(12)2)20-19(27-15)21-18(23)14-7-9-22(10-8-14)28(24,25)16-4-3-11-26-16/h3-6,11,14H,7-10H2,1-2H3,(H,20,21,23). The number of thiophene rings is 1. The number of thiazole rings is 1. The van der Waals surface area contributed by atoms with Gasteiger partial charge in [-0.15, -0.1) is 11.3 Å². The minimum atomic E-state index is -3.44. The summed E-state index contributed by atoms with van der Waals surface area (Å²) in [5.74, 6) is -0.286. The van der Waals surface area contributed by atoms with Crippen LogP contribution in [0.2, 0.25) is 0 Å². The monoisotopic (exact) mass is 435 g/mol. The molecule has 1 aliphatic heterocycles. The van der Waals surface area contributed by atoms with Crippen LogP contribution in [0, 0.1) is 19.8 Å². The van der Waals surface area contributed by atoms with E-state index in [0.717, 1.165) is 15.8 Å². The van der Waals surface area contributed by atoms with Crippen LogP contribution in [-0.2, 0) is 14.8 Å². The highest BCUT2D eigenvalue weighted by molar-refractivity contribution is 7.91. The quantitative estimate of drug-likeness (QED) is 0.671. The molecule has 2 aromatic heterocycles. The lowest BCUT2D eigenvalue weighted by atomic mass is 9.97. The van der Waals surface area contributed by atoms with Crippen molar-refractivity contribution < 1.29 is 13.2 Å². The van der Waals surface area contributed by atoms with Crippen molar-refractivity contribution in [1.82, 2.24) is 9.29 Å². The van der Waals surface area contributed by atoms with Gasteiger partial charge in [0, 0.05) is 19.0 Å². The number of sulfonamides is 1. The van der Waals surface area contributed by atoms with Gasteiger partial charge in [-0.05, 0) is 55.3 Å². The number of piperidine rings is 1. The van der Waals surface area contributed by atoms with Gasteiger partial charge in [0.15, 0.2) is 5.13 Å². The summed E-state index contributed by atoms with van der Waals surface area (Å²) in [4.78, 5) is 17.2. The number of nitrogens with zero attached hydrogens (tertiary/aromatic N) is 2. The van der Waals surface area contributed by atoms with Crippen molar-refractivity contribution in [2.45, 2.75) is 30.9 Å². The molecule has 1 aliphatic rings. The van der Waals surface area contributed by atoms with Crippen molar-refractivity contribution in [1.29, 1.82) is 0 Å². The summed E-state index contributed by atoms with van der Waals surface area (Å²) in [6, 6.07) is 7.44. The van der Waals surface area contributed by atoms with E-state index in [1.54, 1.807) is 17.5 Å². The zero-order chi connectivity index (χ0) is 19.9. The molecule has 0 bridgehead atoms. The van der Waals surface area contributed by atoms with Crippen LogP contribution in [0.4, 0.5) is 5.13 Å². The Kier molecular flexibility index (Phi) is 5.26. The third-order valence-corrected chi connectivity index (χ3v) is 9.44. The number of aromatic nitrogens is 1. The predicted molar refractivity (Wildman–Crippen MR) is 114 cm³/mol. The normalized spacial score (nSPS) is 16.5. The number of rotatable bonds is 4. The summed E-state index contributed by atoms with van der Waals surface area (Å²) in [5.41, 5.74) is 3.23. The van der Waals surface area contributed by atoms with Crippen molar-refractivity contribution in [3.05, 3.63) is 40.8 Å². The lowest BCUT2D eigenvalue weighted by Crippen LogP contribution is -2.41. The van der Waals surface area contributed by atoms with Crippen LogP contribution >= 0.6 is 22.7 Å². The molecule has 1 saturated heterocycles. The Balaban J connectivity index is 1.41. The molecule has 0 radical (unpaired) electrons. The van der Waals surface area contributed by atoms with Gasteiger partial charge in [-0.1, -0.05) is 23.5 Å². The van der Waals surface area contributed by atoms with Gasteiger partial charge < -0.3 is 5.32 Å². The molecule has 148 valence electrons. The van der Waals surface area contributed by atoms with E-state index in [2.05, 4.69) is 16.4 Å². The lowest BCUT2D eigenvalue weighted by molar-refractivity contribution is -0.120. The van der Waals surface area contributed by atoms with E-state index in [1.807, 2.05) is 19.9 Å². The van der Waals surface area contributed by atoms with Crippen LogP contribution in [0.1, 0.15) is 24.0 Å². The number of aryl methyl sites for hydroxylation is 2. The maximum atomic E-state index is 12.7. The van der Waals surface area contributed by atoms with Gasteiger partial charge >= 0.3 is 0 Å². The molecule has 1 amide bonds. The fraction of sp³-hybridized carbons (Fsp3) is 0.368.